The van der Waals surface area contributed by atoms with Crippen molar-refractivity contribution in [1.82, 2.24) is 0 Å². The lowest BCUT2D eigenvalue weighted by atomic mass is 9.90. The van der Waals surface area contributed by atoms with E-state index in [4.69, 9.17) is 4.42 Å². The second kappa shape index (κ2) is 15.5. The van der Waals surface area contributed by atoms with Crippen LogP contribution in [0.25, 0.3) is 76.2 Å². The fourth-order valence-electron chi connectivity index (χ4n) is 9.87. The lowest BCUT2D eigenvalue weighted by Crippen LogP contribution is -2.11. The number of anilines is 6. The third-order valence-electron chi connectivity index (χ3n) is 13.0. The van der Waals surface area contributed by atoms with E-state index in [0.29, 0.717) is 0 Å². The molecule has 0 aliphatic heterocycles. The summed E-state index contributed by atoms with van der Waals surface area (Å²) in [6, 6.07) is 81.8. The van der Waals surface area contributed by atoms with Gasteiger partial charge >= 0.3 is 0 Å². The summed E-state index contributed by atoms with van der Waals surface area (Å²) in [5, 5.41) is 12.1. The third-order valence-corrected chi connectivity index (χ3v) is 14.7. The van der Waals surface area contributed by atoms with Crippen LogP contribution < -0.4 is 9.80 Å². The van der Waals surface area contributed by atoms with Crippen LogP contribution in [0.4, 0.5) is 34.1 Å². The molecule has 1 aromatic heterocycles. The predicted molar refractivity (Wildman–Crippen MR) is 282 cm³/mol. The summed E-state index contributed by atoms with van der Waals surface area (Å²) in [6.45, 7) is 0. The maximum absolute atomic E-state index is 6.32. The van der Waals surface area contributed by atoms with E-state index in [1.165, 1.54) is 53.5 Å². The summed E-state index contributed by atoms with van der Waals surface area (Å²) in [4.78, 5) is 6.19. The molecule has 0 saturated carbocycles. The van der Waals surface area contributed by atoms with Crippen LogP contribution in [0.2, 0.25) is 0 Å². The molecule has 3 nitrogen and oxygen atoms in total. The van der Waals surface area contributed by atoms with Crippen molar-refractivity contribution in [2.45, 2.75) is 4.90 Å². The minimum atomic E-state index is -0.839. The van der Waals surface area contributed by atoms with Gasteiger partial charge in [-0.25, -0.2) is 10.0 Å². The average Bonchev–Trinajstić information content (AvgIpc) is 3.73. The lowest BCUT2D eigenvalue weighted by molar-refractivity contribution is 0.669. The van der Waals surface area contributed by atoms with Gasteiger partial charge in [0.2, 0.25) is 0 Å². The van der Waals surface area contributed by atoms with Crippen molar-refractivity contribution < 1.29 is 4.42 Å². The number of para-hydroxylation sites is 3. The summed E-state index contributed by atoms with van der Waals surface area (Å²) < 4.78 is 6.32. The van der Waals surface area contributed by atoms with Gasteiger partial charge in [-0.15, -0.1) is 0 Å². The van der Waals surface area contributed by atoms with Gasteiger partial charge in [0.05, 0.1) is 5.69 Å². The van der Waals surface area contributed by atoms with Crippen LogP contribution in [0.1, 0.15) is 0 Å². The summed E-state index contributed by atoms with van der Waals surface area (Å²) >= 11 is 0. The summed E-state index contributed by atoms with van der Waals surface area (Å²) in [5.41, 5.74) is 10.8. The highest BCUT2D eigenvalue weighted by Crippen LogP contribution is 2.48. The molecular formula is C61H46N2OS. The maximum Gasteiger partial charge on any atom is 0.135 e. The van der Waals surface area contributed by atoms with E-state index in [0.717, 1.165) is 61.6 Å². The molecule has 0 aliphatic rings. The second-order valence-electron chi connectivity index (χ2n) is 17.7. The Morgan fingerprint density at radius 1 is 0.338 bits per heavy atom. The molecule has 0 spiro atoms. The molecule has 65 heavy (non-hydrogen) atoms. The number of furan rings is 1. The fourth-order valence-corrected chi connectivity index (χ4v) is 10.8. The molecule has 4 heteroatoms. The van der Waals surface area contributed by atoms with Gasteiger partial charge in [-0.1, -0.05) is 133 Å². The predicted octanol–water partition coefficient (Wildman–Crippen LogP) is 17.9. The molecule has 0 unspecified atom stereocenters. The maximum atomic E-state index is 6.32. The number of hydrogen-bond donors (Lipinski definition) is 0. The van der Waals surface area contributed by atoms with Crippen molar-refractivity contribution in [2.75, 3.05) is 28.6 Å². The van der Waals surface area contributed by atoms with Gasteiger partial charge in [-0.2, -0.15) is 0 Å². The number of nitrogens with zero attached hydrogens (tertiary/aromatic N) is 2. The van der Waals surface area contributed by atoms with Gasteiger partial charge in [0.25, 0.3) is 0 Å². The number of fused-ring (bicyclic) bond motifs is 11. The molecule has 11 aromatic carbocycles. The van der Waals surface area contributed by atoms with Crippen molar-refractivity contribution in [3.8, 4) is 11.1 Å². The Bertz CT molecular complexity index is 3740. The molecule has 0 fully saturated rings. The number of rotatable bonds is 8. The van der Waals surface area contributed by atoms with Crippen LogP contribution in [0, 0.1) is 0 Å². The van der Waals surface area contributed by atoms with Crippen molar-refractivity contribution >= 4 is 109 Å². The Labute approximate surface area is 380 Å². The van der Waals surface area contributed by atoms with E-state index in [2.05, 4.69) is 241 Å². The van der Waals surface area contributed by atoms with Crippen molar-refractivity contribution in [3.05, 3.63) is 224 Å². The Morgan fingerprint density at radius 3 is 1.63 bits per heavy atom. The fraction of sp³-hybridized carbons (Fsp3) is 0.0492. The molecule has 12 rings (SSSR count). The molecule has 0 amide bonds. The highest BCUT2D eigenvalue weighted by atomic mass is 32.3. The zero-order valence-corrected chi connectivity index (χ0v) is 37.4. The van der Waals surface area contributed by atoms with Gasteiger partial charge in [-0.05, 0) is 163 Å². The summed E-state index contributed by atoms with van der Waals surface area (Å²) in [6.07, 6.45) is 7.05. The first-order chi connectivity index (χ1) is 31.9. The lowest BCUT2D eigenvalue weighted by Gasteiger charge is -2.29. The Morgan fingerprint density at radius 2 is 0.862 bits per heavy atom. The normalized spacial score (nSPS) is 12.2. The van der Waals surface area contributed by atoms with Gasteiger partial charge < -0.3 is 14.2 Å². The molecule has 0 N–H and O–H groups in total. The third kappa shape index (κ3) is 6.68. The molecule has 0 radical (unpaired) electrons. The Hall–Kier alpha value is -7.79. The number of benzene rings is 11. The topological polar surface area (TPSA) is 19.6 Å². The molecule has 12 aromatic rings. The van der Waals surface area contributed by atoms with Crippen LogP contribution in [-0.4, -0.2) is 18.8 Å². The van der Waals surface area contributed by atoms with Gasteiger partial charge in [0, 0.05) is 44.8 Å². The molecule has 312 valence electrons. The molecule has 0 bridgehead atoms. The molecule has 0 aliphatic carbocycles. The Kier molecular flexibility index (Phi) is 9.25. The minimum absolute atomic E-state index is 0.839. The quantitative estimate of drug-likeness (QED) is 0.142. The zero-order chi connectivity index (χ0) is 43.6. The first kappa shape index (κ1) is 38.9. The van der Waals surface area contributed by atoms with Crippen LogP contribution in [-0.2, 0) is 0 Å². The van der Waals surface area contributed by atoms with Crippen molar-refractivity contribution in [3.63, 3.8) is 0 Å². The van der Waals surface area contributed by atoms with Crippen LogP contribution >= 0.6 is 10.0 Å². The second-order valence-corrected chi connectivity index (χ2v) is 21.8. The van der Waals surface area contributed by atoms with E-state index in [1.54, 1.807) is 0 Å². The van der Waals surface area contributed by atoms with Gasteiger partial charge in [-0.3, -0.25) is 0 Å². The van der Waals surface area contributed by atoms with Gasteiger partial charge in [0.15, 0.2) is 0 Å². The minimum Gasteiger partial charge on any atom is -0.456 e. The van der Waals surface area contributed by atoms with E-state index in [-0.39, 0.29) is 0 Å². The first-order valence-corrected chi connectivity index (χ1v) is 25.0. The van der Waals surface area contributed by atoms with Gasteiger partial charge in [0.1, 0.15) is 11.2 Å². The van der Waals surface area contributed by atoms with Crippen molar-refractivity contribution in [2.24, 2.45) is 0 Å². The highest BCUT2D eigenvalue weighted by Gasteiger charge is 2.22. The Balaban J connectivity index is 1.05. The van der Waals surface area contributed by atoms with E-state index in [9.17, 15) is 0 Å². The monoisotopic (exact) mass is 854 g/mol. The SMILES string of the molecule is CS(C)(C)c1ccc(N(c2ccccc2)c2ccc3c(ccc4c5ccc(N(c6ccc7oc8ccccc8c7c6)c6ccccc6-c6ccccc6)cc5c5ccccc5c34)c2)cc1. The highest BCUT2D eigenvalue weighted by molar-refractivity contribution is 8.32. The summed E-state index contributed by atoms with van der Waals surface area (Å²) in [5.74, 6) is 0. The molecule has 0 atom stereocenters. The van der Waals surface area contributed by atoms with E-state index in [1.807, 2.05) is 12.1 Å². The molecule has 1 heterocycles. The van der Waals surface area contributed by atoms with Crippen LogP contribution in [0.15, 0.2) is 234 Å². The largest absolute Gasteiger partial charge is 0.456 e. The van der Waals surface area contributed by atoms with Crippen LogP contribution in [0.3, 0.4) is 0 Å². The van der Waals surface area contributed by atoms with Crippen LogP contribution in [0.5, 0.6) is 0 Å². The summed E-state index contributed by atoms with van der Waals surface area (Å²) in [7, 11) is -0.839. The van der Waals surface area contributed by atoms with Crippen molar-refractivity contribution in [1.29, 1.82) is 0 Å². The molecular weight excluding hydrogens is 809 g/mol. The smallest absolute Gasteiger partial charge is 0.135 e. The standard InChI is InChI=1S/C61H46N2OS/c1-65(2,3)48-32-27-44(28-33-48)62(43-18-8-5-9-19-43)45-29-35-50-42(38-45)26-34-55-52-36-30-46(39-56(52)51-21-10-11-23-54(51)61(50)55)63(58-24-14-12-20-49(58)41-16-6-4-7-17-41)47-31-37-60-57(40-47)53-22-13-15-25-59(53)64-60/h4-40H,1-3H3. The number of hydrogen-bond acceptors (Lipinski definition) is 3. The first-order valence-electron chi connectivity index (χ1n) is 22.2. The van der Waals surface area contributed by atoms with E-state index >= 15 is 0 Å². The molecule has 0 saturated heterocycles. The average molecular weight is 855 g/mol. The zero-order valence-electron chi connectivity index (χ0n) is 36.6. The van der Waals surface area contributed by atoms with E-state index < -0.39 is 10.0 Å².